The van der Waals surface area contributed by atoms with E-state index < -0.39 is 0 Å². The van der Waals surface area contributed by atoms with Crippen molar-refractivity contribution in [2.24, 2.45) is 4.99 Å². The Morgan fingerprint density at radius 1 is 0.750 bits per heavy atom. The third-order valence-corrected chi connectivity index (χ3v) is 4.09. The number of aliphatic imine (C=N–C) groups is 1. The molecule has 0 radical (unpaired) electrons. The van der Waals surface area contributed by atoms with Crippen LogP contribution in [0.4, 0.5) is 5.69 Å². The summed E-state index contributed by atoms with van der Waals surface area (Å²) in [7, 11) is 0. The summed E-state index contributed by atoms with van der Waals surface area (Å²) in [5.41, 5.74) is 5.37. The Kier molecular flexibility index (Phi) is 5.08. The fraction of sp³-hybridized carbons (Fsp3) is 0.364. The van der Waals surface area contributed by atoms with E-state index in [0.717, 1.165) is 17.5 Å². The molecule has 0 saturated carbocycles. The molecule has 0 aliphatic rings. The first kappa shape index (κ1) is 18.1. The summed E-state index contributed by atoms with van der Waals surface area (Å²) in [6.07, 6.45) is 2.70. The molecule has 0 amide bonds. The van der Waals surface area contributed by atoms with Gasteiger partial charge in [0, 0.05) is 11.8 Å². The highest BCUT2D eigenvalue weighted by molar-refractivity contribution is 5.84. The number of benzene rings is 2. The van der Waals surface area contributed by atoms with E-state index in [1.807, 2.05) is 18.3 Å². The van der Waals surface area contributed by atoms with Crippen LogP contribution in [0.15, 0.2) is 47.5 Å². The first-order chi connectivity index (χ1) is 11.1. The molecule has 2 nitrogen and oxygen atoms in total. The lowest BCUT2D eigenvalue weighted by Crippen LogP contribution is -2.16. The largest absolute Gasteiger partial charge is 0.298 e. The SMILES string of the molecule is CC(C)(C)c1cc(N=Cc2ccc(C=O)cc2)cc(C(C)(C)C)c1. The summed E-state index contributed by atoms with van der Waals surface area (Å²) in [4.78, 5) is 15.4. The zero-order valence-electron chi connectivity index (χ0n) is 15.6. The third-order valence-electron chi connectivity index (χ3n) is 4.09. The van der Waals surface area contributed by atoms with Gasteiger partial charge in [0.2, 0.25) is 0 Å². The molecule has 126 valence electrons. The lowest BCUT2D eigenvalue weighted by atomic mass is 9.80. The number of aldehydes is 1. The first-order valence-electron chi connectivity index (χ1n) is 8.35. The van der Waals surface area contributed by atoms with Crippen molar-refractivity contribution < 1.29 is 4.79 Å². The Morgan fingerprint density at radius 3 is 1.62 bits per heavy atom. The second-order valence-corrected chi connectivity index (χ2v) is 8.31. The fourth-order valence-electron chi connectivity index (χ4n) is 2.36. The van der Waals surface area contributed by atoms with Crippen LogP contribution >= 0.6 is 0 Å². The highest BCUT2D eigenvalue weighted by Gasteiger charge is 2.20. The number of carbonyl (C=O) groups is 1. The highest BCUT2D eigenvalue weighted by Crippen LogP contribution is 2.32. The molecule has 0 N–H and O–H groups in total. The van der Waals surface area contributed by atoms with Crippen LogP contribution < -0.4 is 0 Å². The number of carbonyl (C=O) groups excluding carboxylic acids is 1. The lowest BCUT2D eigenvalue weighted by molar-refractivity contribution is 0.112. The minimum absolute atomic E-state index is 0.0805. The van der Waals surface area contributed by atoms with Crippen LogP contribution in [0.2, 0.25) is 0 Å². The number of hydrogen-bond donors (Lipinski definition) is 0. The Hall–Kier alpha value is -2.22. The average Bonchev–Trinajstić information content (AvgIpc) is 2.51. The minimum Gasteiger partial charge on any atom is -0.298 e. The van der Waals surface area contributed by atoms with Crippen LogP contribution in [-0.4, -0.2) is 12.5 Å². The quantitative estimate of drug-likeness (QED) is 0.515. The van der Waals surface area contributed by atoms with E-state index in [1.165, 1.54) is 11.1 Å². The van der Waals surface area contributed by atoms with Gasteiger partial charge in [-0.05, 0) is 39.7 Å². The maximum atomic E-state index is 10.7. The fourth-order valence-corrected chi connectivity index (χ4v) is 2.36. The number of nitrogens with zero attached hydrogens (tertiary/aromatic N) is 1. The van der Waals surface area contributed by atoms with Crippen LogP contribution in [0.3, 0.4) is 0 Å². The first-order valence-corrected chi connectivity index (χ1v) is 8.35. The summed E-state index contributed by atoms with van der Waals surface area (Å²) in [5, 5.41) is 0. The summed E-state index contributed by atoms with van der Waals surface area (Å²) < 4.78 is 0. The van der Waals surface area contributed by atoms with Crippen LogP contribution in [0.25, 0.3) is 0 Å². The van der Waals surface area contributed by atoms with E-state index in [9.17, 15) is 4.79 Å². The van der Waals surface area contributed by atoms with Gasteiger partial charge in [-0.2, -0.15) is 0 Å². The molecule has 0 aromatic heterocycles. The maximum absolute atomic E-state index is 10.7. The molecular formula is C22H27NO. The van der Waals surface area contributed by atoms with E-state index in [-0.39, 0.29) is 10.8 Å². The normalized spacial score (nSPS) is 12.6. The molecule has 0 atom stereocenters. The highest BCUT2D eigenvalue weighted by atomic mass is 16.1. The molecule has 0 spiro atoms. The Bertz CT molecular complexity index is 709. The zero-order valence-corrected chi connectivity index (χ0v) is 15.6. The summed E-state index contributed by atoms with van der Waals surface area (Å²) in [5.74, 6) is 0. The van der Waals surface area contributed by atoms with Gasteiger partial charge in [-0.3, -0.25) is 9.79 Å². The van der Waals surface area contributed by atoms with Crippen LogP contribution in [0.5, 0.6) is 0 Å². The van der Waals surface area contributed by atoms with Crippen molar-refractivity contribution in [3.05, 3.63) is 64.7 Å². The molecule has 0 bridgehead atoms. The maximum Gasteiger partial charge on any atom is 0.150 e. The van der Waals surface area contributed by atoms with E-state index in [0.29, 0.717) is 5.56 Å². The van der Waals surface area contributed by atoms with Gasteiger partial charge in [0.15, 0.2) is 0 Å². The van der Waals surface area contributed by atoms with Gasteiger partial charge in [0.25, 0.3) is 0 Å². The van der Waals surface area contributed by atoms with Crippen molar-refractivity contribution in [2.45, 2.75) is 52.4 Å². The molecule has 24 heavy (non-hydrogen) atoms. The van der Waals surface area contributed by atoms with Gasteiger partial charge in [-0.25, -0.2) is 0 Å². The molecule has 2 heteroatoms. The van der Waals surface area contributed by atoms with Crippen LogP contribution in [0.1, 0.15) is 68.6 Å². The number of rotatable bonds is 3. The second-order valence-electron chi connectivity index (χ2n) is 8.31. The van der Waals surface area contributed by atoms with Crippen molar-refractivity contribution in [3.8, 4) is 0 Å². The Morgan fingerprint density at radius 2 is 1.21 bits per heavy atom. The van der Waals surface area contributed by atoms with Crippen molar-refractivity contribution >= 4 is 18.2 Å². The van der Waals surface area contributed by atoms with E-state index in [1.54, 1.807) is 12.1 Å². The molecule has 0 aliphatic heterocycles. The van der Waals surface area contributed by atoms with Gasteiger partial charge >= 0.3 is 0 Å². The molecule has 2 aromatic rings. The smallest absolute Gasteiger partial charge is 0.150 e. The topological polar surface area (TPSA) is 29.4 Å². The van der Waals surface area contributed by atoms with Gasteiger partial charge in [-0.15, -0.1) is 0 Å². The molecule has 0 saturated heterocycles. The zero-order chi connectivity index (χ0) is 18.0. The molecular weight excluding hydrogens is 294 g/mol. The summed E-state index contributed by atoms with van der Waals surface area (Å²) >= 11 is 0. The molecule has 2 aromatic carbocycles. The van der Waals surface area contributed by atoms with Crippen molar-refractivity contribution in [3.63, 3.8) is 0 Å². The standard InChI is InChI=1S/C22H27NO/c1-21(2,3)18-11-19(22(4,5)6)13-20(12-18)23-14-16-7-9-17(15-24)10-8-16/h7-15H,1-6H3. The third kappa shape index (κ3) is 4.64. The van der Waals surface area contributed by atoms with Crippen molar-refractivity contribution in [1.82, 2.24) is 0 Å². The van der Waals surface area contributed by atoms with Gasteiger partial charge < -0.3 is 0 Å². The summed E-state index contributed by atoms with van der Waals surface area (Å²) in [6.45, 7) is 13.3. The van der Waals surface area contributed by atoms with Crippen LogP contribution in [-0.2, 0) is 10.8 Å². The predicted octanol–water partition coefficient (Wildman–Crippen LogP) is 5.84. The second kappa shape index (κ2) is 6.72. The Labute approximate surface area is 145 Å². The average molecular weight is 321 g/mol. The predicted molar refractivity (Wildman–Crippen MR) is 103 cm³/mol. The van der Waals surface area contributed by atoms with Gasteiger partial charge in [0.05, 0.1) is 5.69 Å². The van der Waals surface area contributed by atoms with Crippen LogP contribution in [0, 0.1) is 0 Å². The molecule has 0 fully saturated rings. The van der Waals surface area contributed by atoms with Crippen molar-refractivity contribution in [1.29, 1.82) is 0 Å². The van der Waals surface area contributed by atoms with Gasteiger partial charge in [-0.1, -0.05) is 71.9 Å². The van der Waals surface area contributed by atoms with Crippen molar-refractivity contribution in [2.75, 3.05) is 0 Å². The monoisotopic (exact) mass is 321 g/mol. The summed E-state index contributed by atoms with van der Waals surface area (Å²) in [6, 6.07) is 14.0. The molecule has 0 heterocycles. The molecule has 0 unspecified atom stereocenters. The van der Waals surface area contributed by atoms with Gasteiger partial charge in [0.1, 0.15) is 6.29 Å². The lowest BCUT2D eigenvalue weighted by Gasteiger charge is -2.25. The van der Waals surface area contributed by atoms with E-state index in [4.69, 9.17) is 0 Å². The minimum atomic E-state index is 0.0805. The van der Waals surface area contributed by atoms with E-state index >= 15 is 0 Å². The van der Waals surface area contributed by atoms with E-state index in [2.05, 4.69) is 64.7 Å². The molecule has 2 rings (SSSR count). The number of hydrogen-bond acceptors (Lipinski definition) is 2. The molecule has 0 aliphatic carbocycles. The Balaban J connectivity index is 2.41.